The Hall–Kier alpha value is -3.14. The highest BCUT2D eigenvalue weighted by Gasteiger charge is 2.22. The highest BCUT2D eigenvalue weighted by atomic mass is 16.5. The molecule has 0 unspecified atom stereocenters. The fourth-order valence-electron chi connectivity index (χ4n) is 3.52. The summed E-state index contributed by atoms with van der Waals surface area (Å²) < 4.78 is 7.07. The summed E-state index contributed by atoms with van der Waals surface area (Å²) >= 11 is 0. The van der Waals surface area contributed by atoms with Crippen LogP contribution in [0.3, 0.4) is 0 Å². The Balaban J connectivity index is 2.97. The SMILES string of the molecule is C=C/C=C(\C(C=C)=NC)c1c(CCC)c2ccc(C(=O)OC)cc2n1CC=C. The van der Waals surface area contributed by atoms with Crippen LogP contribution in [0.1, 0.15) is 35.0 Å². The van der Waals surface area contributed by atoms with Crippen molar-refractivity contribution in [1.82, 2.24) is 4.57 Å². The van der Waals surface area contributed by atoms with Crippen LogP contribution in [0, 0.1) is 0 Å². The zero-order valence-electron chi connectivity index (χ0n) is 17.0. The van der Waals surface area contributed by atoms with Gasteiger partial charge in [0.2, 0.25) is 0 Å². The molecule has 4 heteroatoms. The van der Waals surface area contributed by atoms with Crippen LogP contribution < -0.4 is 0 Å². The van der Waals surface area contributed by atoms with Gasteiger partial charge < -0.3 is 9.30 Å². The number of carbonyl (C=O) groups excluding carboxylic acids is 1. The molecule has 0 atom stereocenters. The third kappa shape index (κ3) is 3.91. The maximum Gasteiger partial charge on any atom is 0.337 e. The number of allylic oxidation sites excluding steroid dienone is 5. The van der Waals surface area contributed by atoms with Crippen LogP contribution in [0.2, 0.25) is 0 Å². The molecule has 0 aliphatic carbocycles. The number of methoxy groups -OCH3 is 1. The lowest BCUT2D eigenvalue weighted by Gasteiger charge is -2.14. The Morgan fingerprint density at radius 2 is 2.04 bits per heavy atom. The molecule has 0 amide bonds. The van der Waals surface area contributed by atoms with Gasteiger partial charge in [-0.1, -0.05) is 50.8 Å². The van der Waals surface area contributed by atoms with E-state index in [0.717, 1.165) is 40.7 Å². The first kappa shape index (κ1) is 21.2. The molecule has 0 aliphatic heterocycles. The van der Waals surface area contributed by atoms with Gasteiger partial charge >= 0.3 is 5.97 Å². The minimum absolute atomic E-state index is 0.351. The maximum absolute atomic E-state index is 12.1. The van der Waals surface area contributed by atoms with E-state index < -0.39 is 0 Å². The molecule has 146 valence electrons. The van der Waals surface area contributed by atoms with Crippen LogP contribution in [-0.4, -0.2) is 30.4 Å². The van der Waals surface area contributed by atoms with E-state index in [2.05, 4.69) is 36.2 Å². The van der Waals surface area contributed by atoms with Gasteiger partial charge in [0.25, 0.3) is 0 Å². The number of rotatable bonds is 9. The van der Waals surface area contributed by atoms with E-state index in [1.54, 1.807) is 19.2 Å². The second-order valence-electron chi connectivity index (χ2n) is 6.33. The fourth-order valence-corrected chi connectivity index (χ4v) is 3.52. The fraction of sp³-hybridized carbons (Fsp3) is 0.250. The largest absolute Gasteiger partial charge is 0.465 e. The summed E-state index contributed by atoms with van der Waals surface area (Å²) in [5.74, 6) is -0.351. The van der Waals surface area contributed by atoms with E-state index in [-0.39, 0.29) is 5.97 Å². The summed E-state index contributed by atoms with van der Waals surface area (Å²) in [4.78, 5) is 16.5. The lowest BCUT2D eigenvalue weighted by molar-refractivity contribution is 0.0601. The summed E-state index contributed by atoms with van der Waals surface area (Å²) in [6, 6.07) is 5.70. The quantitative estimate of drug-likeness (QED) is 0.255. The zero-order chi connectivity index (χ0) is 20.7. The minimum Gasteiger partial charge on any atom is -0.465 e. The van der Waals surface area contributed by atoms with Crippen molar-refractivity contribution in [2.75, 3.05) is 14.2 Å². The van der Waals surface area contributed by atoms with Crippen molar-refractivity contribution in [2.45, 2.75) is 26.3 Å². The lowest BCUT2D eigenvalue weighted by atomic mass is 9.97. The van der Waals surface area contributed by atoms with E-state index >= 15 is 0 Å². The number of aromatic nitrogens is 1. The van der Waals surface area contributed by atoms with Gasteiger partial charge in [-0.25, -0.2) is 4.79 Å². The maximum atomic E-state index is 12.1. The highest BCUT2D eigenvalue weighted by Crippen LogP contribution is 2.34. The summed E-state index contributed by atoms with van der Waals surface area (Å²) in [5.41, 5.74) is 5.50. The van der Waals surface area contributed by atoms with Crippen molar-refractivity contribution < 1.29 is 9.53 Å². The van der Waals surface area contributed by atoms with Gasteiger partial charge in [-0.05, 0) is 30.2 Å². The van der Waals surface area contributed by atoms with Crippen LogP contribution in [0.5, 0.6) is 0 Å². The summed E-state index contributed by atoms with van der Waals surface area (Å²) in [7, 11) is 3.14. The average molecular weight is 377 g/mol. The van der Waals surface area contributed by atoms with E-state index in [1.807, 2.05) is 30.4 Å². The third-order valence-electron chi connectivity index (χ3n) is 4.65. The summed E-state index contributed by atoms with van der Waals surface area (Å²) in [6.07, 6.45) is 9.21. The van der Waals surface area contributed by atoms with Gasteiger partial charge in [-0.15, -0.1) is 6.58 Å². The second kappa shape index (κ2) is 9.70. The van der Waals surface area contributed by atoms with Crippen LogP contribution in [0.4, 0.5) is 0 Å². The van der Waals surface area contributed by atoms with Crippen molar-refractivity contribution in [3.63, 3.8) is 0 Å². The van der Waals surface area contributed by atoms with Gasteiger partial charge in [-0.3, -0.25) is 4.99 Å². The van der Waals surface area contributed by atoms with E-state index in [9.17, 15) is 4.79 Å². The predicted molar refractivity (Wildman–Crippen MR) is 119 cm³/mol. The molecule has 0 spiro atoms. The second-order valence-corrected chi connectivity index (χ2v) is 6.33. The minimum atomic E-state index is -0.351. The van der Waals surface area contributed by atoms with E-state index in [4.69, 9.17) is 4.74 Å². The molecule has 0 aliphatic rings. The van der Waals surface area contributed by atoms with Gasteiger partial charge in [0.15, 0.2) is 0 Å². The highest BCUT2D eigenvalue weighted by molar-refractivity contribution is 6.30. The molecule has 1 aromatic heterocycles. The summed E-state index contributed by atoms with van der Waals surface area (Å²) in [5, 5.41) is 1.11. The molecule has 0 fully saturated rings. The Labute approximate surface area is 167 Å². The molecule has 0 N–H and O–H groups in total. The first-order valence-electron chi connectivity index (χ1n) is 9.34. The predicted octanol–water partition coefficient (Wildman–Crippen LogP) is 5.39. The average Bonchev–Trinajstić information content (AvgIpc) is 3.01. The molecule has 0 radical (unpaired) electrons. The normalized spacial score (nSPS) is 12.1. The monoisotopic (exact) mass is 376 g/mol. The smallest absolute Gasteiger partial charge is 0.337 e. The zero-order valence-corrected chi connectivity index (χ0v) is 17.0. The van der Waals surface area contributed by atoms with E-state index in [1.165, 1.54) is 12.7 Å². The van der Waals surface area contributed by atoms with Crippen molar-refractivity contribution in [2.24, 2.45) is 4.99 Å². The van der Waals surface area contributed by atoms with Gasteiger partial charge in [0.05, 0.1) is 24.1 Å². The van der Waals surface area contributed by atoms with Crippen molar-refractivity contribution in [3.05, 3.63) is 79.1 Å². The Bertz CT molecular complexity index is 974. The molecular formula is C24H28N2O2. The molecule has 0 saturated carbocycles. The number of hydrogen-bond acceptors (Lipinski definition) is 3. The number of carbonyl (C=O) groups is 1. The molecule has 28 heavy (non-hydrogen) atoms. The Morgan fingerprint density at radius 1 is 1.29 bits per heavy atom. The Kier molecular flexibility index (Phi) is 7.33. The van der Waals surface area contributed by atoms with Gasteiger partial charge in [0.1, 0.15) is 0 Å². The van der Waals surface area contributed by atoms with Crippen molar-refractivity contribution >= 4 is 28.2 Å². The number of esters is 1. The molecule has 0 bridgehead atoms. The van der Waals surface area contributed by atoms with Gasteiger partial charge in [0, 0.05) is 30.1 Å². The number of benzene rings is 1. The van der Waals surface area contributed by atoms with Gasteiger partial charge in [-0.2, -0.15) is 0 Å². The number of hydrogen-bond donors (Lipinski definition) is 0. The first-order valence-corrected chi connectivity index (χ1v) is 9.34. The molecule has 4 nitrogen and oxygen atoms in total. The topological polar surface area (TPSA) is 43.6 Å². The van der Waals surface area contributed by atoms with Crippen molar-refractivity contribution in [3.8, 4) is 0 Å². The number of aliphatic imine (C=N–C) groups is 1. The van der Waals surface area contributed by atoms with Crippen LogP contribution in [0.25, 0.3) is 16.5 Å². The molecule has 2 rings (SSSR count). The molecular weight excluding hydrogens is 348 g/mol. The standard InChI is InChI=1S/C24H28N2O2/c1-7-11-19-18-14-13-17(24(27)28-6)16-22(18)26(15-9-3)23(19)20(12-8-2)21(10-4)25-5/h8-10,12-14,16H,2-4,7,11,15H2,1,5-6H3/b20-12+,25-21?. The number of aryl methyl sites for hydroxylation is 1. The third-order valence-corrected chi connectivity index (χ3v) is 4.65. The van der Waals surface area contributed by atoms with Crippen LogP contribution in [-0.2, 0) is 17.7 Å². The van der Waals surface area contributed by atoms with Crippen LogP contribution in [0.15, 0.2) is 67.2 Å². The number of fused-ring (bicyclic) bond motifs is 1. The van der Waals surface area contributed by atoms with Crippen molar-refractivity contribution in [1.29, 1.82) is 0 Å². The molecule has 0 saturated heterocycles. The Morgan fingerprint density at radius 3 is 2.57 bits per heavy atom. The molecule has 2 aromatic rings. The first-order chi connectivity index (χ1) is 13.6. The number of nitrogens with zero attached hydrogens (tertiary/aromatic N) is 2. The number of ether oxygens (including phenoxy) is 1. The molecule has 1 heterocycles. The summed E-state index contributed by atoms with van der Waals surface area (Å²) in [6.45, 7) is 14.5. The molecule has 1 aromatic carbocycles. The lowest BCUT2D eigenvalue weighted by Crippen LogP contribution is -2.09. The van der Waals surface area contributed by atoms with E-state index in [0.29, 0.717) is 12.1 Å². The van der Waals surface area contributed by atoms with Crippen LogP contribution >= 0.6 is 0 Å².